The van der Waals surface area contributed by atoms with E-state index in [4.69, 9.17) is 0 Å². The molecule has 0 aromatic heterocycles. The standard InChI is InChI=1S/C24H31N3O/c1-18(28)25-22-11-9-19(10-12-22)16-26(2)23-8-5-13-27(17-23)24-14-20-6-3-4-7-21(20)15-24/h3-4,6-7,9-12,23-24H,5,8,13-17H2,1-2H3,(H,25,28). The number of likely N-dealkylation sites (tertiary alicyclic amines) is 1. The Balaban J connectivity index is 1.33. The van der Waals surface area contributed by atoms with Gasteiger partial charge in [-0.3, -0.25) is 14.6 Å². The minimum absolute atomic E-state index is 0.0266. The Hall–Kier alpha value is -2.17. The molecule has 0 spiro atoms. The second-order valence-corrected chi connectivity index (χ2v) is 8.41. The van der Waals surface area contributed by atoms with E-state index in [-0.39, 0.29) is 5.91 Å². The summed E-state index contributed by atoms with van der Waals surface area (Å²) in [7, 11) is 2.25. The molecule has 1 atom stereocenters. The highest BCUT2D eigenvalue weighted by Crippen LogP contribution is 2.28. The summed E-state index contributed by atoms with van der Waals surface area (Å²) in [6.07, 6.45) is 4.97. The smallest absolute Gasteiger partial charge is 0.221 e. The molecule has 1 fully saturated rings. The molecule has 1 unspecified atom stereocenters. The number of carbonyl (C=O) groups excluding carboxylic acids is 1. The van der Waals surface area contributed by atoms with Crippen LogP contribution in [0.15, 0.2) is 48.5 Å². The molecular weight excluding hydrogens is 346 g/mol. The molecule has 1 aliphatic carbocycles. The lowest BCUT2D eigenvalue weighted by molar-refractivity contribution is -0.114. The molecule has 4 rings (SSSR count). The van der Waals surface area contributed by atoms with Crippen LogP contribution in [0.5, 0.6) is 0 Å². The SMILES string of the molecule is CC(=O)Nc1ccc(CN(C)C2CCCN(C3Cc4ccccc4C3)C2)cc1. The molecule has 28 heavy (non-hydrogen) atoms. The number of hydrogen-bond acceptors (Lipinski definition) is 3. The molecular formula is C24H31N3O. The van der Waals surface area contributed by atoms with E-state index in [2.05, 4.69) is 58.6 Å². The second-order valence-electron chi connectivity index (χ2n) is 8.41. The zero-order valence-electron chi connectivity index (χ0n) is 17.0. The number of nitrogens with one attached hydrogen (secondary N) is 1. The van der Waals surface area contributed by atoms with E-state index in [0.717, 1.165) is 12.2 Å². The second kappa shape index (κ2) is 8.46. The number of benzene rings is 2. The summed E-state index contributed by atoms with van der Waals surface area (Å²) in [4.78, 5) is 16.4. The lowest BCUT2D eigenvalue weighted by atomic mass is 10.0. The van der Waals surface area contributed by atoms with E-state index in [1.807, 2.05) is 12.1 Å². The monoisotopic (exact) mass is 377 g/mol. The fourth-order valence-corrected chi connectivity index (χ4v) is 4.78. The molecule has 1 heterocycles. The van der Waals surface area contributed by atoms with E-state index in [9.17, 15) is 4.79 Å². The number of nitrogens with zero attached hydrogens (tertiary/aromatic N) is 2. The Bertz CT molecular complexity index is 792. The molecule has 1 amide bonds. The van der Waals surface area contributed by atoms with Gasteiger partial charge in [-0.2, -0.15) is 0 Å². The molecule has 2 aromatic carbocycles. The number of amides is 1. The van der Waals surface area contributed by atoms with Crippen LogP contribution in [-0.4, -0.2) is 47.9 Å². The van der Waals surface area contributed by atoms with E-state index < -0.39 is 0 Å². The summed E-state index contributed by atoms with van der Waals surface area (Å²) < 4.78 is 0. The third-order valence-corrected chi connectivity index (χ3v) is 6.30. The molecule has 2 aromatic rings. The molecule has 2 aliphatic rings. The maximum absolute atomic E-state index is 11.2. The number of piperidine rings is 1. The van der Waals surface area contributed by atoms with Crippen molar-refractivity contribution >= 4 is 11.6 Å². The first kappa shape index (κ1) is 19.2. The summed E-state index contributed by atoms with van der Waals surface area (Å²) in [6.45, 7) is 4.89. The summed E-state index contributed by atoms with van der Waals surface area (Å²) >= 11 is 0. The van der Waals surface area contributed by atoms with Crippen LogP contribution in [0.4, 0.5) is 5.69 Å². The van der Waals surface area contributed by atoms with Gasteiger partial charge in [0.25, 0.3) is 0 Å². The zero-order valence-corrected chi connectivity index (χ0v) is 17.0. The van der Waals surface area contributed by atoms with Gasteiger partial charge < -0.3 is 5.32 Å². The molecule has 4 heteroatoms. The Morgan fingerprint density at radius 3 is 2.43 bits per heavy atom. The van der Waals surface area contributed by atoms with E-state index in [0.29, 0.717) is 12.1 Å². The average molecular weight is 378 g/mol. The van der Waals surface area contributed by atoms with Crippen LogP contribution in [0.2, 0.25) is 0 Å². The van der Waals surface area contributed by atoms with Gasteiger partial charge in [0.05, 0.1) is 0 Å². The summed E-state index contributed by atoms with van der Waals surface area (Å²) in [5, 5.41) is 2.83. The molecule has 0 saturated carbocycles. The lowest BCUT2D eigenvalue weighted by Crippen LogP contribution is -2.50. The van der Waals surface area contributed by atoms with Gasteiger partial charge in [0.2, 0.25) is 5.91 Å². The number of likely N-dealkylation sites (N-methyl/N-ethyl adjacent to an activating group) is 1. The van der Waals surface area contributed by atoms with Crippen molar-refractivity contribution in [3.63, 3.8) is 0 Å². The van der Waals surface area contributed by atoms with Gasteiger partial charge in [-0.25, -0.2) is 0 Å². The van der Waals surface area contributed by atoms with Crippen molar-refractivity contribution in [1.82, 2.24) is 9.80 Å². The highest BCUT2D eigenvalue weighted by Gasteiger charge is 2.31. The molecule has 148 valence electrons. The van der Waals surface area contributed by atoms with Crippen LogP contribution in [0.25, 0.3) is 0 Å². The minimum atomic E-state index is -0.0266. The quantitative estimate of drug-likeness (QED) is 0.863. The highest BCUT2D eigenvalue weighted by atomic mass is 16.1. The van der Waals surface area contributed by atoms with Crippen molar-refractivity contribution in [1.29, 1.82) is 0 Å². The number of rotatable bonds is 5. The van der Waals surface area contributed by atoms with Gasteiger partial charge in [0.1, 0.15) is 0 Å². The van der Waals surface area contributed by atoms with Crippen LogP contribution in [0, 0.1) is 0 Å². The number of fused-ring (bicyclic) bond motifs is 1. The Morgan fingerprint density at radius 1 is 1.11 bits per heavy atom. The zero-order chi connectivity index (χ0) is 19.5. The molecule has 1 aliphatic heterocycles. The molecule has 1 saturated heterocycles. The summed E-state index contributed by atoms with van der Waals surface area (Å²) in [5.74, 6) is -0.0266. The van der Waals surface area contributed by atoms with Crippen molar-refractivity contribution in [2.75, 3.05) is 25.5 Å². The van der Waals surface area contributed by atoms with Gasteiger partial charge in [0, 0.05) is 37.8 Å². The lowest BCUT2D eigenvalue weighted by Gasteiger charge is -2.40. The molecule has 0 bridgehead atoms. The van der Waals surface area contributed by atoms with Crippen LogP contribution in [-0.2, 0) is 24.2 Å². The predicted octanol–water partition coefficient (Wildman–Crippen LogP) is 3.71. The third kappa shape index (κ3) is 4.45. The summed E-state index contributed by atoms with van der Waals surface area (Å²) in [5.41, 5.74) is 5.25. The Kier molecular flexibility index (Phi) is 5.79. The van der Waals surface area contributed by atoms with E-state index >= 15 is 0 Å². The first-order chi connectivity index (χ1) is 13.6. The highest BCUT2D eigenvalue weighted by molar-refractivity contribution is 5.88. The van der Waals surface area contributed by atoms with Crippen LogP contribution < -0.4 is 5.32 Å². The fraction of sp³-hybridized carbons (Fsp3) is 0.458. The Labute approximate surface area is 168 Å². The van der Waals surface area contributed by atoms with Crippen molar-refractivity contribution < 1.29 is 4.79 Å². The number of carbonyl (C=O) groups is 1. The topological polar surface area (TPSA) is 35.6 Å². The van der Waals surface area contributed by atoms with E-state index in [1.165, 1.54) is 44.3 Å². The van der Waals surface area contributed by atoms with Crippen LogP contribution in [0.3, 0.4) is 0 Å². The first-order valence-electron chi connectivity index (χ1n) is 10.5. The number of anilines is 1. The fourth-order valence-electron chi connectivity index (χ4n) is 4.78. The van der Waals surface area contributed by atoms with E-state index in [1.54, 1.807) is 18.1 Å². The first-order valence-corrected chi connectivity index (χ1v) is 10.5. The van der Waals surface area contributed by atoms with Crippen molar-refractivity contribution in [3.8, 4) is 0 Å². The number of hydrogen-bond donors (Lipinski definition) is 1. The third-order valence-electron chi connectivity index (χ3n) is 6.30. The normalized spacial score (nSPS) is 20.3. The largest absolute Gasteiger partial charge is 0.326 e. The van der Waals surface area contributed by atoms with Crippen LogP contribution >= 0.6 is 0 Å². The van der Waals surface area contributed by atoms with Crippen molar-refractivity contribution in [2.45, 2.75) is 51.2 Å². The molecule has 1 N–H and O–H groups in total. The van der Waals surface area contributed by atoms with Crippen molar-refractivity contribution in [2.24, 2.45) is 0 Å². The maximum Gasteiger partial charge on any atom is 0.221 e. The minimum Gasteiger partial charge on any atom is -0.326 e. The van der Waals surface area contributed by atoms with Crippen LogP contribution in [0.1, 0.15) is 36.5 Å². The van der Waals surface area contributed by atoms with Gasteiger partial charge in [-0.05, 0) is 68.1 Å². The van der Waals surface area contributed by atoms with Gasteiger partial charge >= 0.3 is 0 Å². The van der Waals surface area contributed by atoms with Gasteiger partial charge in [-0.1, -0.05) is 36.4 Å². The maximum atomic E-state index is 11.2. The Morgan fingerprint density at radius 2 is 1.79 bits per heavy atom. The molecule has 4 nitrogen and oxygen atoms in total. The predicted molar refractivity (Wildman–Crippen MR) is 114 cm³/mol. The van der Waals surface area contributed by atoms with Crippen molar-refractivity contribution in [3.05, 3.63) is 65.2 Å². The van der Waals surface area contributed by atoms with Gasteiger partial charge in [-0.15, -0.1) is 0 Å². The van der Waals surface area contributed by atoms with Gasteiger partial charge in [0.15, 0.2) is 0 Å². The molecule has 0 radical (unpaired) electrons. The average Bonchev–Trinajstić information content (AvgIpc) is 3.13. The summed E-state index contributed by atoms with van der Waals surface area (Å²) in [6, 6.07) is 18.4.